The molecule has 0 bridgehead atoms. The lowest BCUT2D eigenvalue weighted by molar-refractivity contribution is 0.0911. The van der Waals surface area contributed by atoms with Gasteiger partial charge >= 0.3 is 0 Å². The first-order valence-corrected chi connectivity index (χ1v) is 11.9. The molecule has 0 saturated heterocycles. The number of ether oxygens (including phenoxy) is 2. The summed E-state index contributed by atoms with van der Waals surface area (Å²) in [6.07, 6.45) is -0.692. The van der Waals surface area contributed by atoms with Crippen LogP contribution in [-0.2, 0) is 13.2 Å². The number of aryl methyl sites for hydroxylation is 3. The average molecular weight is 459 g/mol. The van der Waals surface area contributed by atoms with Crippen LogP contribution in [0.5, 0.6) is 11.5 Å². The second-order valence-electron chi connectivity index (χ2n) is 9.27. The molecule has 5 heteroatoms. The van der Waals surface area contributed by atoms with E-state index in [2.05, 4.69) is 32.9 Å². The third-order valence-electron chi connectivity index (χ3n) is 6.19. The number of aromatic nitrogens is 2. The van der Waals surface area contributed by atoms with E-state index in [9.17, 15) is 5.11 Å². The van der Waals surface area contributed by atoms with Crippen molar-refractivity contribution in [2.24, 2.45) is 0 Å². The predicted molar refractivity (Wildman–Crippen MR) is 137 cm³/mol. The Morgan fingerprint density at radius 3 is 2.32 bits per heavy atom. The predicted octanol–water partition coefficient (Wildman–Crippen LogP) is 6.10. The molecule has 5 nitrogen and oxygen atoms in total. The van der Waals surface area contributed by atoms with E-state index >= 15 is 0 Å². The van der Waals surface area contributed by atoms with Gasteiger partial charge in [-0.05, 0) is 73.2 Å². The smallest absolute Gasteiger partial charge is 0.148 e. The van der Waals surface area contributed by atoms with Crippen molar-refractivity contribution < 1.29 is 14.6 Å². The minimum Gasteiger partial charge on any atom is -0.490 e. The van der Waals surface area contributed by atoms with E-state index in [1.54, 1.807) is 0 Å². The third kappa shape index (κ3) is 5.26. The molecule has 0 saturated carbocycles. The normalized spacial score (nSPS) is 12.3. The monoisotopic (exact) mass is 458 g/mol. The molecule has 4 rings (SSSR count). The maximum Gasteiger partial charge on any atom is 0.148 e. The van der Waals surface area contributed by atoms with E-state index < -0.39 is 6.10 Å². The first-order valence-electron chi connectivity index (χ1n) is 11.9. The SMILES string of the molecule is Cc1cc(OCc2nc3ccccc3n2CC(O)COc2c(C)cccc2C)ccc1C(C)C. The zero-order chi connectivity index (χ0) is 24.2. The van der Waals surface area contributed by atoms with Gasteiger partial charge in [0.1, 0.15) is 36.6 Å². The molecule has 4 aromatic rings. The van der Waals surface area contributed by atoms with Crippen LogP contribution in [0.1, 0.15) is 47.8 Å². The van der Waals surface area contributed by atoms with Crippen LogP contribution in [0.25, 0.3) is 11.0 Å². The molecule has 1 heterocycles. The summed E-state index contributed by atoms with van der Waals surface area (Å²) in [4.78, 5) is 4.78. The van der Waals surface area contributed by atoms with Crippen molar-refractivity contribution in [3.05, 3.63) is 88.7 Å². The highest BCUT2D eigenvalue weighted by molar-refractivity contribution is 5.75. The molecule has 1 N–H and O–H groups in total. The van der Waals surface area contributed by atoms with Gasteiger partial charge in [-0.25, -0.2) is 4.98 Å². The molecule has 0 fully saturated rings. The molecule has 0 aliphatic rings. The van der Waals surface area contributed by atoms with E-state index in [1.807, 2.05) is 66.9 Å². The Balaban J connectivity index is 1.50. The number of aliphatic hydroxyl groups is 1. The van der Waals surface area contributed by atoms with E-state index in [0.29, 0.717) is 19.1 Å². The van der Waals surface area contributed by atoms with Gasteiger partial charge in [-0.3, -0.25) is 0 Å². The highest BCUT2D eigenvalue weighted by Crippen LogP contribution is 2.25. The van der Waals surface area contributed by atoms with Crippen molar-refractivity contribution in [3.63, 3.8) is 0 Å². The number of benzene rings is 3. The lowest BCUT2D eigenvalue weighted by Crippen LogP contribution is -2.25. The van der Waals surface area contributed by atoms with Crippen molar-refractivity contribution in [2.45, 2.75) is 59.8 Å². The molecule has 1 aromatic heterocycles. The van der Waals surface area contributed by atoms with Crippen molar-refractivity contribution in [1.82, 2.24) is 9.55 Å². The van der Waals surface area contributed by atoms with Crippen LogP contribution >= 0.6 is 0 Å². The average Bonchev–Trinajstić information content (AvgIpc) is 3.14. The number of nitrogens with zero attached hydrogens (tertiary/aromatic N) is 2. The molecule has 0 amide bonds. The minimum absolute atomic E-state index is 0.203. The summed E-state index contributed by atoms with van der Waals surface area (Å²) in [7, 11) is 0. The molecule has 0 radical (unpaired) electrons. The van der Waals surface area contributed by atoms with Crippen molar-refractivity contribution >= 4 is 11.0 Å². The highest BCUT2D eigenvalue weighted by atomic mass is 16.5. The third-order valence-corrected chi connectivity index (χ3v) is 6.19. The van der Waals surface area contributed by atoms with Crippen LogP contribution in [0.4, 0.5) is 0 Å². The summed E-state index contributed by atoms with van der Waals surface area (Å²) >= 11 is 0. The minimum atomic E-state index is -0.692. The number of para-hydroxylation sites is 3. The molecular weight excluding hydrogens is 424 g/mol. The van der Waals surface area contributed by atoms with Crippen molar-refractivity contribution in [2.75, 3.05) is 6.61 Å². The van der Waals surface area contributed by atoms with Gasteiger partial charge in [0.25, 0.3) is 0 Å². The highest BCUT2D eigenvalue weighted by Gasteiger charge is 2.16. The van der Waals surface area contributed by atoms with Gasteiger partial charge < -0.3 is 19.1 Å². The zero-order valence-electron chi connectivity index (χ0n) is 20.7. The van der Waals surface area contributed by atoms with Crippen molar-refractivity contribution in [1.29, 1.82) is 0 Å². The maximum atomic E-state index is 10.8. The second-order valence-corrected chi connectivity index (χ2v) is 9.27. The standard InChI is InChI=1S/C29H34N2O3/c1-19(2)25-14-13-24(15-22(25)5)33-18-28-30-26-11-6-7-12-27(26)31(28)16-23(32)17-34-29-20(3)9-8-10-21(29)4/h6-15,19,23,32H,16-18H2,1-5H3. The number of imidazole rings is 1. The largest absolute Gasteiger partial charge is 0.490 e. The van der Waals surface area contributed by atoms with E-state index in [1.165, 1.54) is 11.1 Å². The van der Waals surface area contributed by atoms with Crippen LogP contribution < -0.4 is 9.47 Å². The van der Waals surface area contributed by atoms with E-state index in [0.717, 1.165) is 39.5 Å². The topological polar surface area (TPSA) is 56.5 Å². The van der Waals surface area contributed by atoms with Gasteiger partial charge in [0.15, 0.2) is 0 Å². The number of fused-ring (bicyclic) bond motifs is 1. The fourth-order valence-electron chi connectivity index (χ4n) is 4.44. The molecule has 34 heavy (non-hydrogen) atoms. The fourth-order valence-corrected chi connectivity index (χ4v) is 4.44. The Morgan fingerprint density at radius 1 is 0.882 bits per heavy atom. The molecule has 3 aromatic carbocycles. The number of hydrogen-bond donors (Lipinski definition) is 1. The van der Waals surface area contributed by atoms with Crippen LogP contribution in [-0.4, -0.2) is 27.4 Å². The first-order chi connectivity index (χ1) is 16.3. The summed E-state index contributed by atoms with van der Waals surface area (Å²) in [5, 5.41) is 10.8. The molecular formula is C29H34N2O3. The Morgan fingerprint density at radius 2 is 1.62 bits per heavy atom. The van der Waals surface area contributed by atoms with Gasteiger partial charge in [0.2, 0.25) is 0 Å². The van der Waals surface area contributed by atoms with Gasteiger partial charge in [0, 0.05) is 0 Å². The number of rotatable bonds is 9. The molecule has 0 aliphatic heterocycles. The maximum absolute atomic E-state index is 10.8. The summed E-state index contributed by atoms with van der Waals surface area (Å²) in [5.74, 6) is 2.91. The second kappa shape index (κ2) is 10.3. The lowest BCUT2D eigenvalue weighted by atomic mass is 9.98. The van der Waals surface area contributed by atoms with Gasteiger partial charge in [-0.2, -0.15) is 0 Å². The Bertz CT molecular complexity index is 1260. The first kappa shape index (κ1) is 23.8. The van der Waals surface area contributed by atoms with Gasteiger partial charge in [0.05, 0.1) is 17.6 Å². The van der Waals surface area contributed by atoms with E-state index in [4.69, 9.17) is 14.5 Å². The Labute approximate surface area is 202 Å². The molecule has 1 atom stereocenters. The van der Waals surface area contributed by atoms with Crippen LogP contribution in [0.2, 0.25) is 0 Å². The summed E-state index contributed by atoms with van der Waals surface area (Å²) in [6.45, 7) is 11.4. The molecule has 178 valence electrons. The summed E-state index contributed by atoms with van der Waals surface area (Å²) < 4.78 is 14.1. The summed E-state index contributed by atoms with van der Waals surface area (Å²) in [5.41, 5.74) is 6.53. The van der Waals surface area contributed by atoms with Crippen LogP contribution in [0.3, 0.4) is 0 Å². The zero-order valence-corrected chi connectivity index (χ0v) is 20.7. The van der Waals surface area contributed by atoms with E-state index in [-0.39, 0.29) is 6.61 Å². The van der Waals surface area contributed by atoms with Crippen molar-refractivity contribution in [3.8, 4) is 11.5 Å². The quantitative estimate of drug-likeness (QED) is 0.329. The van der Waals surface area contributed by atoms with Crippen LogP contribution in [0, 0.1) is 20.8 Å². The molecule has 0 spiro atoms. The fraction of sp³-hybridized carbons (Fsp3) is 0.345. The number of hydrogen-bond acceptors (Lipinski definition) is 4. The molecule has 0 aliphatic carbocycles. The van der Waals surface area contributed by atoms with Gasteiger partial charge in [-0.15, -0.1) is 0 Å². The molecule has 1 unspecified atom stereocenters. The Hall–Kier alpha value is -3.31. The number of aliphatic hydroxyl groups excluding tert-OH is 1. The Kier molecular flexibility index (Phi) is 7.23. The summed E-state index contributed by atoms with van der Waals surface area (Å²) in [6, 6.07) is 20.2. The lowest BCUT2D eigenvalue weighted by Gasteiger charge is -2.18. The van der Waals surface area contributed by atoms with Crippen LogP contribution in [0.15, 0.2) is 60.7 Å². The van der Waals surface area contributed by atoms with Gasteiger partial charge in [-0.1, -0.05) is 50.2 Å².